The molecule has 0 aromatic heterocycles. The number of ether oxygens (including phenoxy) is 3. The first-order valence-corrected chi connectivity index (χ1v) is 11.0. The van der Waals surface area contributed by atoms with Gasteiger partial charge in [-0.2, -0.15) is 0 Å². The number of piperidine rings is 1. The van der Waals surface area contributed by atoms with Crippen molar-refractivity contribution in [1.82, 2.24) is 4.90 Å². The van der Waals surface area contributed by atoms with Gasteiger partial charge in [0.15, 0.2) is 0 Å². The second-order valence-corrected chi connectivity index (χ2v) is 9.37. The van der Waals surface area contributed by atoms with Crippen LogP contribution in [0.5, 0.6) is 5.75 Å². The van der Waals surface area contributed by atoms with Gasteiger partial charge in [0.05, 0.1) is 6.61 Å². The highest BCUT2D eigenvalue weighted by Crippen LogP contribution is 2.35. The molecule has 0 aliphatic carbocycles. The van der Waals surface area contributed by atoms with Crippen molar-refractivity contribution >= 4 is 12.0 Å². The van der Waals surface area contributed by atoms with E-state index in [1.807, 2.05) is 45.0 Å². The van der Waals surface area contributed by atoms with Crippen molar-refractivity contribution in [3.05, 3.63) is 53.6 Å². The molecule has 170 valence electrons. The summed E-state index contributed by atoms with van der Waals surface area (Å²) in [5.41, 5.74) is 8.32. The average molecular weight is 439 g/mol. The maximum Gasteiger partial charge on any atom is 0.410 e. The molecule has 0 saturated carbocycles. The zero-order valence-corrected chi connectivity index (χ0v) is 18.8. The van der Waals surface area contributed by atoms with Crippen LogP contribution in [0.1, 0.15) is 49.5 Å². The van der Waals surface area contributed by atoms with Crippen molar-refractivity contribution in [2.75, 3.05) is 13.1 Å². The van der Waals surface area contributed by atoms with Gasteiger partial charge in [0.25, 0.3) is 0 Å². The van der Waals surface area contributed by atoms with Gasteiger partial charge in [-0.3, -0.25) is 4.79 Å². The summed E-state index contributed by atoms with van der Waals surface area (Å²) in [5, 5.41) is 0. The standard InChI is InChI=1S/C25H30N2O5/c1-25(2,3)32-24(29)27-12-10-18(11-13-27)23-30-15-20-14-19(8-9-21(20)31-23)16-4-6-17(7-5-16)22(26)28/h4-9,14,18,23H,10-13,15H2,1-3H3,(H2,26,28). The highest BCUT2D eigenvalue weighted by atomic mass is 16.7. The summed E-state index contributed by atoms with van der Waals surface area (Å²) in [5.74, 6) is 0.614. The van der Waals surface area contributed by atoms with Gasteiger partial charge in [-0.15, -0.1) is 0 Å². The fourth-order valence-corrected chi connectivity index (χ4v) is 4.06. The molecule has 32 heavy (non-hydrogen) atoms. The van der Waals surface area contributed by atoms with Crippen molar-refractivity contribution in [3.8, 4) is 16.9 Å². The van der Waals surface area contributed by atoms with Crippen LogP contribution in [0.15, 0.2) is 42.5 Å². The van der Waals surface area contributed by atoms with Crippen LogP contribution in [0.4, 0.5) is 4.79 Å². The largest absolute Gasteiger partial charge is 0.464 e. The molecule has 2 aliphatic heterocycles. The van der Waals surface area contributed by atoms with Crippen LogP contribution >= 0.6 is 0 Å². The van der Waals surface area contributed by atoms with Crippen LogP contribution in [0.25, 0.3) is 11.1 Å². The summed E-state index contributed by atoms with van der Waals surface area (Å²) >= 11 is 0. The Morgan fingerprint density at radius 3 is 2.31 bits per heavy atom. The first-order chi connectivity index (χ1) is 15.2. The van der Waals surface area contributed by atoms with Crippen LogP contribution in [0.2, 0.25) is 0 Å². The molecule has 7 nitrogen and oxygen atoms in total. The smallest absolute Gasteiger partial charge is 0.410 e. The number of hydrogen-bond acceptors (Lipinski definition) is 5. The molecule has 0 radical (unpaired) electrons. The van der Waals surface area contributed by atoms with Crippen molar-refractivity contribution in [3.63, 3.8) is 0 Å². The van der Waals surface area contributed by atoms with E-state index in [2.05, 4.69) is 6.07 Å². The highest BCUT2D eigenvalue weighted by molar-refractivity contribution is 5.93. The SMILES string of the molecule is CC(C)(C)OC(=O)N1CCC(C2OCc3cc(-c4ccc(C(N)=O)cc4)ccc3O2)CC1. The maximum absolute atomic E-state index is 12.3. The van der Waals surface area contributed by atoms with Gasteiger partial charge in [-0.25, -0.2) is 4.79 Å². The fourth-order valence-electron chi connectivity index (χ4n) is 4.06. The van der Waals surface area contributed by atoms with Gasteiger partial charge in [0, 0.05) is 30.1 Å². The van der Waals surface area contributed by atoms with Gasteiger partial charge in [0.1, 0.15) is 11.4 Å². The minimum atomic E-state index is -0.490. The monoisotopic (exact) mass is 438 g/mol. The number of rotatable bonds is 3. The molecule has 0 spiro atoms. The Kier molecular flexibility index (Phi) is 6.11. The molecular formula is C25H30N2O5. The first kappa shape index (κ1) is 22.1. The Morgan fingerprint density at radius 2 is 1.69 bits per heavy atom. The Labute approximate surface area is 188 Å². The number of carbonyl (C=O) groups is 2. The van der Waals surface area contributed by atoms with Gasteiger partial charge >= 0.3 is 6.09 Å². The molecule has 2 aromatic rings. The number of fused-ring (bicyclic) bond motifs is 1. The van der Waals surface area contributed by atoms with E-state index in [1.54, 1.807) is 17.0 Å². The number of nitrogens with zero attached hydrogens (tertiary/aromatic N) is 1. The van der Waals surface area contributed by atoms with E-state index in [1.165, 1.54) is 0 Å². The molecule has 1 saturated heterocycles. The van der Waals surface area contributed by atoms with E-state index in [4.69, 9.17) is 19.9 Å². The lowest BCUT2D eigenvalue weighted by atomic mass is 9.95. The summed E-state index contributed by atoms with van der Waals surface area (Å²) in [6.07, 6.45) is 1.04. The minimum absolute atomic E-state index is 0.225. The number of likely N-dealkylation sites (tertiary alicyclic amines) is 1. The summed E-state index contributed by atoms with van der Waals surface area (Å²) in [6, 6.07) is 13.2. The topological polar surface area (TPSA) is 91.1 Å². The molecule has 2 heterocycles. The highest BCUT2D eigenvalue weighted by Gasteiger charge is 2.34. The third-order valence-corrected chi connectivity index (χ3v) is 5.79. The third-order valence-electron chi connectivity index (χ3n) is 5.79. The van der Waals surface area contributed by atoms with Crippen LogP contribution in [0, 0.1) is 5.92 Å². The lowest BCUT2D eigenvalue weighted by Crippen LogP contribution is -2.45. The van der Waals surface area contributed by atoms with Crippen LogP contribution < -0.4 is 10.5 Å². The second-order valence-electron chi connectivity index (χ2n) is 9.37. The Balaban J connectivity index is 1.36. The molecule has 2 aromatic carbocycles. The molecule has 1 fully saturated rings. The minimum Gasteiger partial charge on any atom is -0.464 e. The van der Waals surface area contributed by atoms with Gasteiger partial charge in [-0.1, -0.05) is 18.2 Å². The quantitative estimate of drug-likeness (QED) is 0.770. The number of nitrogens with two attached hydrogens (primary N) is 1. The zero-order chi connectivity index (χ0) is 22.9. The van der Waals surface area contributed by atoms with E-state index < -0.39 is 11.5 Å². The fraction of sp³-hybridized carbons (Fsp3) is 0.440. The predicted molar refractivity (Wildman–Crippen MR) is 120 cm³/mol. The number of hydrogen-bond donors (Lipinski definition) is 1. The first-order valence-electron chi connectivity index (χ1n) is 11.0. The van der Waals surface area contributed by atoms with E-state index >= 15 is 0 Å². The van der Waals surface area contributed by atoms with Crippen LogP contribution in [-0.4, -0.2) is 41.9 Å². The maximum atomic E-state index is 12.3. The Hall–Kier alpha value is -3.06. The van der Waals surface area contributed by atoms with E-state index in [9.17, 15) is 9.59 Å². The van der Waals surface area contributed by atoms with Crippen molar-refractivity contribution in [1.29, 1.82) is 0 Å². The number of amides is 2. The molecule has 4 rings (SSSR count). The van der Waals surface area contributed by atoms with Gasteiger partial charge in [0.2, 0.25) is 12.2 Å². The Bertz CT molecular complexity index is 988. The van der Waals surface area contributed by atoms with E-state index in [0.29, 0.717) is 25.3 Å². The molecule has 2 N–H and O–H groups in total. The molecule has 2 aliphatic rings. The normalized spacial score (nSPS) is 19.1. The van der Waals surface area contributed by atoms with Crippen molar-refractivity contribution in [2.45, 2.75) is 52.1 Å². The van der Waals surface area contributed by atoms with E-state index in [0.717, 1.165) is 35.3 Å². The Morgan fingerprint density at radius 1 is 1.03 bits per heavy atom. The third kappa shape index (κ3) is 5.05. The average Bonchev–Trinajstić information content (AvgIpc) is 2.77. The molecular weight excluding hydrogens is 408 g/mol. The summed E-state index contributed by atoms with van der Waals surface area (Å²) in [7, 11) is 0. The van der Waals surface area contributed by atoms with Crippen molar-refractivity contribution in [2.24, 2.45) is 11.7 Å². The second kappa shape index (κ2) is 8.82. The molecule has 0 bridgehead atoms. The molecule has 1 atom stereocenters. The lowest BCUT2D eigenvalue weighted by molar-refractivity contribution is -0.149. The molecule has 7 heteroatoms. The van der Waals surface area contributed by atoms with Crippen molar-refractivity contribution < 1.29 is 23.8 Å². The molecule has 1 unspecified atom stereocenters. The zero-order valence-electron chi connectivity index (χ0n) is 18.8. The van der Waals surface area contributed by atoms with Crippen LogP contribution in [0.3, 0.4) is 0 Å². The molecule has 2 amide bonds. The predicted octanol–water partition coefficient (Wildman–Crippen LogP) is 4.33. The lowest BCUT2D eigenvalue weighted by Gasteiger charge is -2.38. The summed E-state index contributed by atoms with van der Waals surface area (Å²) < 4.78 is 17.7. The van der Waals surface area contributed by atoms with Gasteiger partial charge in [-0.05, 0) is 69.0 Å². The number of benzene rings is 2. The van der Waals surface area contributed by atoms with E-state index in [-0.39, 0.29) is 18.3 Å². The van der Waals surface area contributed by atoms with Crippen LogP contribution in [-0.2, 0) is 16.1 Å². The number of primary amides is 1. The number of carbonyl (C=O) groups excluding carboxylic acids is 2. The summed E-state index contributed by atoms with van der Waals surface area (Å²) in [4.78, 5) is 25.3. The summed E-state index contributed by atoms with van der Waals surface area (Å²) in [6.45, 7) is 7.37. The van der Waals surface area contributed by atoms with Gasteiger partial charge < -0.3 is 24.8 Å².